The van der Waals surface area contributed by atoms with Gasteiger partial charge < -0.3 is 4.98 Å². The molecule has 1 aromatic heterocycles. The molecule has 0 aliphatic carbocycles. The summed E-state index contributed by atoms with van der Waals surface area (Å²) in [7, 11) is 0. The van der Waals surface area contributed by atoms with E-state index in [4.69, 9.17) is 0 Å². The number of benzene rings is 1. The summed E-state index contributed by atoms with van der Waals surface area (Å²) in [5.74, 6) is 0. The van der Waals surface area contributed by atoms with E-state index in [1.54, 1.807) is 6.07 Å². The summed E-state index contributed by atoms with van der Waals surface area (Å²) in [6.45, 7) is 0. The highest BCUT2D eigenvalue weighted by Gasteiger charge is 1.96. The number of aromatic amines is 1. The summed E-state index contributed by atoms with van der Waals surface area (Å²) < 4.78 is 0. The molecule has 14 heavy (non-hydrogen) atoms. The molecule has 2 nitrogen and oxygen atoms in total. The second kappa shape index (κ2) is 3.72. The first-order valence-corrected chi connectivity index (χ1v) is 4.69. The van der Waals surface area contributed by atoms with E-state index >= 15 is 0 Å². The van der Waals surface area contributed by atoms with E-state index < -0.39 is 0 Å². The van der Waals surface area contributed by atoms with E-state index in [-0.39, 0.29) is 5.56 Å². The zero-order chi connectivity index (χ0) is 9.97. The first kappa shape index (κ1) is 9.09. The molecule has 0 fully saturated rings. The van der Waals surface area contributed by atoms with E-state index in [1.165, 1.54) is 6.07 Å². The lowest BCUT2D eigenvalue weighted by Crippen LogP contribution is -2.03. The van der Waals surface area contributed by atoms with E-state index in [9.17, 15) is 4.79 Å². The summed E-state index contributed by atoms with van der Waals surface area (Å²) in [5.41, 5.74) is 1.73. The SMILES string of the molecule is O=c1cccc(-c2ccc(S)cc2)[nH]1. The Bertz CT molecular complexity index is 487. The Labute approximate surface area is 87.0 Å². The third-order valence-corrected chi connectivity index (χ3v) is 2.24. The van der Waals surface area contributed by atoms with Gasteiger partial charge in [-0.3, -0.25) is 4.79 Å². The van der Waals surface area contributed by atoms with Gasteiger partial charge in [0.05, 0.1) is 0 Å². The molecule has 0 amide bonds. The third-order valence-electron chi connectivity index (χ3n) is 1.95. The topological polar surface area (TPSA) is 32.9 Å². The van der Waals surface area contributed by atoms with Gasteiger partial charge in [0.1, 0.15) is 0 Å². The van der Waals surface area contributed by atoms with Crippen molar-refractivity contribution < 1.29 is 0 Å². The lowest BCUT2D eigenvalue weighted by atomic mass is 10.1. The second-order valence-electron chi connectivity index (χ2n) is 2.98. The number of pyridine rings is 1. The first-order chi connectivity index (χ1) is 6.75. The predicted octanol–water partition coefficient (Wildman–Crippen LogP) is 2.33. The molecule has 2 rings (SSSR count). The van der Waals surface area contributed by atoms with E-state index in [0.29, 0.717) is 0 Å². The van der Waals surface area contributed by atoms with Gasteiger partial charge in [0, 0.05) is 16.7 Å². The molecular weight excluding hydrogens is 194 g/mol. The van der Waals surface area contributed by atoms with E-state index in [0.717, 1.165) is 16.2 Å². The lowest BCUT2D eigenvalue weighted by molar-refractivity contribution is 1.24. The average Bonchev–Trinajstić information content (AvgIpc) is 2.19. The largest absolute Gasteiger partial charge is 0.322 e. The minimum atomic E-state index is -0.0857. The highest BCUT2D eigenvalue weighted by Crippen LogP contribution is 2.17. The van der Waals surface area contributed by atoms with Crippen molar-refractivity contribution in [3.8, 4) is 11.3 Å². The number of hydrogen-bond donors (Lipinski definition) is 2. The molecule has 0 spiro atoms. The fourth-order valence-corrected chi connectivity index (χ4v) is 1.41. The minimum Gasteiger partial charge on any atom is -0.322 e. The van der Waals surface area contributed by atoms with Gasteiger partial charge in [0.25, 0.3) is 0 Å². The van der Waals surface area contributed by atoms with Gasteiger partial charge in [-0.2, -0.15) is 0 Å². The molecule has 0 unspecified atom stereocenters. The van der Waals surface area contributed by atoms with Crippen LogP contribution in [0.15, 0.2) is 52.2 Å². The fourth-order valence-electron chi connectivity index (χ4n) is 1.26. The monoisotopic (exact) mass is 203 g/mol. The molecule has 1 aromatic carbocycles. The number of H-pyrrole nitrogens is 1. The molecule has 0 radical (unpaired) electrons. The number of nitrogens with one attached hydrogen (secondary N) is 1. The number of thiol groups is 1. The van der Waals surface area contributed by atoms with Crippen LogP contribution in [0.5, 0.6) is 0 Å². The molecule has 0 atom stereocenters. The minimum absolute atomic E-state index is 0.0857. The summed E-state index contributed by atoms with van der Waals surface area (Å²) in [6, 6.07) is 12.7. The number of rotatable bonds is 1. The molecule has 0 aliphatic heterocycles. The smallest absolute Gasteiger partial charge is 0.248 e. The molecule has 0 aliphatic rings. The molecular formula is C11H9NOS. The van der Waals surface area contributed by atoms with Gasteiger partial charge in [-0.25, -0.2) is 0 Å². The van der Waals surface area contributed by atoms with Crippen molar-refractivity contribution in [2.24, 2.45) is 0 Å². The maximum Gasteiger partial charge on any atom is 0.248 e. The summed E-state index contributed by atoms with van der Waals surface area (Å²) in [4.78, 5) is 14.7. The van der Waals surface area contributed by atoms with Crippen molar-refractivity contribution in [2.45, 2.75) is 4.90 Å². The van der Waals surface area contributed by atoms with Crippen LogP contribution in [0.25, 0.3) is 11.3 Å². The molecule has 1 N–H and O–H groups in total. The van der Waals surface area contributed by atoms with Crippen molar-refractivity contribution in [3.05, 3.63) is 52.8 Å². The van der Waals surface area contributed by atoms with Crippen molar-refractivity contribution >= 4 is 12.6 Å². The zero-order valence-corrected chi connectivity index (χ0v) is 8.29. The Morgan fingerprint density at radius 1 is 1.00 bits per heavy atom. The van der Waals surface area contributed by atoms with E-state index in [1.807, 2.05) is 30.3 Å². The standard InChI is InChI=1S/C11H9NOS/c13-11-3-1-2-10(12-11)8-4-6-9(14)7-5-8/h1-7,14H,(H,12,13). The highest BCUT2D eigenvalue weighted by molar-refractivity contribution is 7.80. The Morgan fingerprint density at radius 2 is 1.71 bits per heavy atom. The summed E-state index contributed by atoms with van der Waals surface area (Å²) in [5, 5.41) is 0. The molecule has 0 bridgehead atoms. The Hall–Kier alpha value is -1.48. The van der Waals surface area contributed by atoms with Crippen molar-refractivity contribution in [1.29, 1.82) is 0 Å². The van der Waals surface area contributed by atoms with Crippen LogP contribution >= 0.6 is 12.6 Å². The predicted molar refractivity (Wildman–Crippen MR) is 59.8 cm³/mol. The maximum atomic E-state index is 11.1. The Kier molecular flexibility index (Phi) is 2.41. The fraction of sp³-hybridized carbons (Fsp3) is 0. The second-order valence-corrected chi connectivity index (χ2v) is 3.49. The van der Waals surface area contributed by atoms with Gasteiger partial charge in [-0.15, -0.1) is 12.6 Å². The number of aromatic nitrogens is 1. The van der Waals surface area contributed by atoms with Crippen LogP contribution in [0, 0.1) is 0 Å². The molecule has 1 heterocycles. The van der Waals surface area contributed by atoms with Crippen LogP contribution in [0.3, 0.4) is 0 Å². The first-order valence-electron chi connectivity index (χ1n) is 4.24. The van der Waals surface area contributed by atoms with Gasteiger partial charge >= 0.3 is 0 Å². The Balaban J connectivity index is 2.50. The van der Waals surface area contributed by atoms with Crippen LogP contribution in [0.4, 0.5) is 0 Å². The summed E-state index contributed by atoms with van der Waals surface area (Å²) in [6.07, 6.45) is 0. The van der Waals surface area contributed by atoms with Crippen LogP contribution in [-0.4, -0.2) is 4.98 Å². The molecule has 3 heteroatoms. The third kappa shape index (κ3) is 1.88. The van der Waals surface area contributed by atoms with E-state index in [2.05, 4.69) is 17.6 Å². The van der Waals surface area contributed by atoms with Crippen molar-refractivity contribution in [3.63, 3.8) is 0 Å². The normalized spacial score (nSPS) is 10.1. The van der Waals surface area contributed by atoms with Gasteiger partial charge in [-0.1, -0.05) is 18.2 Å². The highest BCUT2D eigenvalue weighted by atomic mass is 32.1. The molecule has 0 saturated carbocycles. The molecule has 70 valence electrons. The van der Waals surface area contributed by atoms with Crippen LogP contribution in [0.1, 0.15) is 0 Å². The van der Waals surface area contributed by atoms with Crippen LogP contribution < -0.4 is 5.56 Å². The van der Waals surface area contributed by atoms with Gasteiger partial charge in [0.15, 0.2) is 0 Å². The average molecular weight is 203 g/mol. The Morgan fingerprint density at radius 3 is 2.36 bits per heavy atom. The van der Waals surface area contributed by atoms with Crippen molar-refractivity contribution in [2.75, 3.05) is 0 Å². The zero-order valence-electron chi connectivity index (χ0n) is 7.40. The summed E-state index contributed by atoms with van der Waals surface area (Å²) >= 11 is 4.19. The van der Waals surface area contributed by atoms with Gasteiger partial charge in [0.2, 0.25) is 5.56 Å². The molecule has 2 aromatic rings. The van der Waals surface area contributed by atoms with Crippen LogP contribution in [0.2, 0.25) is 0 Å². The van der Waals surface area contributed by atoms with Crippen LogP contribution in [-0.2, 0) is 0 Å². The lowest BCUT2D eigenvalue weighted by Gasteiger charge is -2.00. The van der Waals surface area contributed by atoms with Crippen molar-refractivity contribution in [1.82, 2.24) is 4.98 Å². The molecule has 0 saturated heterocycles. The maximum absolute atomic E-state index is 11.1. The number of hydrogen-bond acceptors (Lipinski definition) is 2. The van der Waals surface area contributed by atoms with Gasteiger partial charge in [-0.05, 0) is 23.8 Å². The quantitative estimate of drug-likeness (QED) is 0.685.